The molecule has 8 N–H and O–H groups in total. The zero-order chi connectivity index (χ0) is 31.7. The predicted molar refractivity (Wildman–Crippen MR) is 152 cm³/mol. The van der Waals surface area contributed by atoms with Crippen molar-refractivity contribution in [3.63, 3.8) is 0 Å². The van der Waals surface area contributed by atoms with Crippen LogP contribution in [0, 0.1) is 17.8 Å². The first-order valence-electron chi connectivity index (χ1n) is 13.5. The van der Waals surface area contributed by atoms with Gasteiger partial charge in [-0.1, -0.05) is 13.0 Å². The molecule has 0 aliphatic heterocycles. The number of phenols is 1. The number of hydrogen-bond donors (Lipinski definition) is 7. The summed E-state index contributed by atoms with van der Waals surface area (Å²) >= 11 is 1.05. The number of phenolic OH excluding ortho intramolecular Hbond substituents is 1. The molecule has 230 valence electrons. The number of carbonyl (C=O) groups excluding carboxylic acids is 4. The van der Waals surface area contributed by atoms with Crippen LogP contribution in [0.3, 0.4) is 0 Å². The molecule has 1 amide bonds. The van der Waals surface area contributed by atoms with Gasteiger partial charge in [0.25, 0.3) is 0 Å². The first-order valence-corrected chi connectivity index (χ1v) is 14.4. The zero-order valence-electron chi connectivity index (χ0n) is 23.6. The minimum Gasteiger partial charge on any atom is -0.507 e. The number of likely N-dealkylation sites (N-methyl/N-ethyl adjacent to an activating group) is 1. The maximum Gasteiger partial charge on any atom is 0.357 e. The fourth-order valence-corrected chi connectivity index (χ4v) is 7.51. The number of Topliss-reactive ketones (excluding diaryl/α,β-unsaturated/α-hetero) is 2. The van der Waals surface area contributed by atoms with Crippen LogP contribution in [0.15, 0.2) is 23.1 Å². The van der Waals surface area contributed by atoms with Gasteiger partial charge >= 0.3 is 5.97 Å². The Morgan fingerprint density at radius 2 is 1.86 bits per heavy atom. The number of nitrogens with two attached hydrogens (primary N) is 1. The van der Waals surface area contributed by atoms with Crippen molar-refractivity contribution in [3.05, 3.63) is 39.9 Å². The molecule has 5 unspecified atom stereocenters. The number of primary amides is 1. The quantitative estimate of drug-likeness (QED) is 0.129. The second kappa shape index (κ2) is 10.7. The van der Waals surface area contributed by atoms with Gasteiger partial charge in [0.05, 0.1) is 30.1 Å². The molecule has 14 nitrogen and oxygen atoms in total. The van der Waals surface area contributed by atoms with Gasteiger partial charge in [-0.3, -0.25) is 14.4 Å². The molecule has 1 heterocycles. The molecule has 0 bridgehead atoms. The number of nitrogens with one attached hydrogen (secondary N) is 1. The number of rotatable bonds is 6. The lowest BCUT2D eigenvalue weighted by atomic mass is 9.52. The molecule has 3 aliphatic rings. The van der Waals surface area contributed by atoms with E-state index in [4.69, 9.17) is 10.5 Å². The van der Waals surface area contributed by atoms with Crippen LogP contribution in [0.5, 0.6) is 5.75 Å². The lowest BCUT2D eigenvalue weighted by molar-refractivity contribution is -0.199. The molecule has 0 spiro atoms. The van der Waals surface area contributed by atoms with Crippen LogP contribution in [0.4, 0.5) is 10.8 Å². The lowest BCUT2D eigenvalue weighted by Gasteiger charge is -2.56. The van der Waals surface area contributed by atoms with Gasteiger partial charge < -0.3 is 46.2 Å². The predicted octanol–water partition coefficient (Wildman–Crippen LogP) is 0.0376. The number of aromatic nitrogens is 1. The molecule has 3 aliphatic carbocycles. The Hall–Kier alpha value is -3.89. The Balaban J connectivity index is 1.62. The van der Waals surface area contributed by atoms with Crippen molar-refractivity contribution < 1.29 is 49.4 Å². The van der Waals surface area contributed by atoms with Gasteiger partial charge in [-0.25, -0.2) is 9.78 Å². The number of fused-ring (bicyclic) bond motifs is 3. The molecule has 0 radical (unpaired) electrons. The largest absolute Gasteiger partial charge is 0.507 e. The monoisotopic (exact) mass is 616 g/mol. The SMILES string of the molecule is CCOC(=O)c1csc(Nc2ccc3c(c2O)C(O)=C2C(=O)[C@]4(O)C(=O)C(C(N)=O)C(O)C(N(C)C)C4[C@@H](O)C2[C@H]3C)n1. The molecular formula is C28H32N4O10S. The highest BCUT2D eigenvalue weighted by Gasteiger charge is 2.71. The number of ether oxygens (including phenoxy) is 1. The van der Waals surface area contributed by atoms with Crippen molar-refractivity contribution in [2.75, 3.05) is 26.0 Å². The van der Waals surface area contributed by atoms with Gasteiger partial charge in [-0.2, -0.15) is 0 Å². The summed E-state index contributed by atoms with van der Waals surface area (Å²) in [5, 5.41) is 61.7. The third-order valence-electron chi connectivity index (χ3n) is 8.72. The molecule has 8 atom stereocenters. The van der Waals surface area contributed by atoms with E-state index in [2.05, 4.69) is 10.3 Å². The molecule has 2 fully saturated rings. The summed E-state index contributed by atoms with van der Waals surface area (Å²) in [7, 11) is 2.99. The number of amides is 1. The van der Waals surface area contributed by atoms with E-state index >= 15 is 0 Å². The average Bonchev–Trinajstić information content (AvgIpc) is 3.40. The molecular weight excluding hydrogens is 584 g/mol. The number of aliphatic hydroxyl groups excluding tert-OH is 3. The second-order valence-electron chi connectivity index (χ2n) is 11.2. The van der Waals surface area contributed by atoms with E-state index in [0.29, 0.717) is 5.56 Å². The number of hydrogen-bond acceptors (Lipinski definition) is 14. The van der Waals surface area contributed by atoms with Crippen LogP contribution >= 0.6 is 11.3 Å². The van der Waals surface area contributed by atoms with Crippen molar-refractivity contribution in [1.29, 1.82) is 0 Å². The Bertz CT molecular complexity index is 1570. The van der Waals surface area contributed by atoms with Gasteiger partial charge in [0.15, 0.2) is 22.2 Å². The molecule has 1 aromatic carbocycles. The summed E-state index contributed by atoms with van der Waals surface area (Å²) in [4.78, 5) is 57.3. The fourth-order valence-electron chi connectivity index (χ4n) is 6.82. The molecule has 43 heavy (non-hydrogen) atoms. The fraction of sp³-hybridized carbons (Fsp3) is 0.464. The Labute approximate surface area is 249 Å². The number of nitrogens with zero attached hydrogens (tertiary/aromatic N) is 2. The van der Waals surface area contributed by atoms with E-state index in [0.717, 1.165) is 11.3 Å². The van der Waals surface area contributed by atoms with Crippen molar-refractivity contribution in [2.45, 2.75) is 43.6 Å². The average molecular weight is 617 g/mol. The minimum atomic E-state index is -3.01. The van der Waals surface area contributed by atoms with E-state index in [9.17, 15) is 44.7 Å². The van der Waals surface area contributed by atoms with Gasteiger partial charge in [-0.05, 0) is 38.6 Å². The van der Waals surface area contributed by atoms with E-state index in [-0.39, 0.29) is 28.7 Å². The molecule has 2 saturated carbocycles. The normalized spacial score (nSPS) is 31.8. The van der Waals surface area contributed by atoms with Gasteiger partial charge in [0.2, 0.25) is 11.7 Å². The third kappa shape index (κ3) is 4.33. The topological polar surface area (TPSA) is 233 Å². The second-order valence-corrected chi connectivity index (χ2v) is 12.0. The number of benzene rings is 1. The van der Waals surface area contributed by atoms with Gasteiger partial charge in [0, 0.05) is 28.8 Å². The summed E-state index contributed by atoms with van der Waals surface area (Å²) in [6, 6.07) is 1.82. The Morgan fingerprint density at radius 1 is 1.19 bits per heavy atom. The summed E-state index contributed by atoms with van der Waals surface area (Å²) in [6.45, 7) is 3.46. The number of aliphatic hydroxyl groups is 4. The van der Waals surface area contributed by atoms with E-state index < -0.39 is 88.0 Å². The Morgan fingerprint density at radius 3 is 2.47 bits per heavy atom. The highest BCUT2D eigenvalue weighted by atomic mass is 32.1. The number of ketones is 2. The zero-order valence-corrected chi connectivity index (χ0v) is 24.5. The van der Waals surface area contributed by atoms with Crippen molar-refractivity contribution in [2.24, 2.45) is 23.5 Å². The van der Waals surface area contributed by atoms with Crippen LogP contribution in [-0.4, -0.2) is 103 Å². The van der Waals surface area contributed by atoms with E-state index in [1.165, 1.54) is 30.4 Å². The molecule has 5 rings (SSSR count). The highest BCUT2D eigenvalue weighted by molar-refractivity contribution is 7.14. The smallest absolute Gasteiger partial charge is 0.357 e. The first kappa shape index (κ1) is 30.6. The molecule has 0 saturated heterocycles. The van der Waals surface area contributed by atoms with Gasteiger partial charge in [0.1, 0.15) is 17.4 Å². The van der Waals surface area contributed by atoms with Gasteiger partial charge in [-0.15, -0.1) is 11.3 Å². The standard InChI is InChI=1S/C28H32N4O10S/c1-5-42-26(40)12-8-43-27(31-12)30-11-7-6-10-9(2)13-15(20(34)14(10)19(11)33)23(37)28(41)17(21(13)35)18(32(3)4)22(36)16(24(28)38)25(29)39/h6-9,13,16-18,21-22,33-36,41H,5H2,1-4H3,(H2,29,39)(H,30,31)/t9-,13?,16?,17?,18?,21-,22?,28-/m0/s1. The van der Waals surface area contributed by atoms with Crippen LogP contribution in [0.1, 0.15) is 41.4 Å². The third-order valence-corrected chi connectivity index (χ3v) is 9.48. The number of carbonyl (C=O) groups is 4. The molecule has 2 aromatic rings. The number of thiazole rings is 1. The van der Waals surface area contributed by atoms with E-state index in [1.54, 1.807) is 19.9 Å². The number of anilines is 2. The summed E-state index contributed by atoms with van der Waals surface area (Å²) < 4.78 is 4.93. The van der Waals surface area contributed by atoms with E-state index in [1.807, 2.05) is 0 Å². The summed E-state index contributed by atoms with van der Waals surface area (Å²) in [5.41, 5.74) is 2.17. The maximum atomic E-state index is 14.1. The van der Waals surface area contributed by atoms with Crippen molar-refractivity contribution >= 4 is 51.4 Å². The van der Waals surface area contributed by atoms with Crippen LogP contribution in [0.25, 0.3) is 5.76 Å². The summed E-state index contributed by atoms with van der Waals surface area (Å²) in [5.74, 6) is -11.2. The first-order chi connectivity index (χ1) is 20.2. The van der Waals surface area contributed by atoms with Crippen LogP contribution in [-0.2, 0) is 19.1 Å². The maximum absolute atomic E-state index is 14.1. The van der Waals surface area contributed by atoms with Crippen LogP contribution in [0.2, 0.25) is 0 Å². The molecule has 15 heteroatoms. The molecule has 1 aromatic heterocycles. The lowest BCUT2D eigenvalue weighted by Crippen LogP contribution is -2.76. The highest BCUT2D eigenvalue weighted by Crippen LogP contribution is 2.56. The summed E-state index contributed by atoms with van der Waals surface area (Å²) in [6.07, 6.45) is -3.38. The number of esters is 1. The van der Waals surface area contributed by atoms with Crippen molar-refractivity contribution in [1.82, 2.24) is 9.88 Å². The Kier molecular flexibility index (Phi) is 7.59. The minimum absolute atomic E-state index is 0.0466. The number of aromatic hydroxyl groups is 1. The van der Waals surface area contributed by atoms with Crippen molar-refractivity contribution in [3.8, 4) is 5.75 Å². The van der Waals surface area contributed by atoms with Crippen LogP contribution < -0.4 is 11.1 Å².